The molecule has 1 aromatic rings. The first-order chi connectivity index (χ1) is 14.1. The molecule has 6 nitrogen and oxygen atoms in total. The lowest BCUT2D eigenvalue weighted by Gasteiger charge is -2.54. The Kier molecular flexibility index (Phi) is 4.82. The lowest BCUT2D eigenvalue weighted by atomic mass is 9.68. The Morgan fingerprint density at radius 1 is 1.07 bits per heavy atom. The van der Waals surface area contributed by atoms with Crippen LogP contribution in [0.15, 0.2) is 35.9 Å². The van der Waals surface area contributed by atoms with Crippen LogP contribution in [0.1, 0.15) is 48.9 Å². The van der Waals surface area contributed by atoms with Gasteiger partial charge in [-0.1, -0.05) is 18.1 Å². The van der Waals surface area contributed by atoms with Gasteiger partial charge in [0, 0.05) is 24.8 Å². The number of carboxylic acid groups (broad SMARTS) is 1. The predicted octanol–water partition coefficient (Wildman–Crippen LogP) is 3.81. The van der Waals surface area contributed by atoms with E-state index >= 15 is 0 Å². The molecular formula is C23H29N3O3. The van der Waals surface area contributed by atoms with Crippen LogP contribution in [0.4, 0.5) is 10.5 Å². The van der Waals surface area contributed by atoms with Gasteiger partial charge in [-0.3, -0.25) is 4.90 Å². The summed E-state index contributed by atoms with van der Waals surface area (Å²) in [5, 5.41) is 12.0. The Labute approximate surface area is 171 Å². The van der Waals surface area contributed by atoms with Crippen molar-refractivity contribution in [3.8, 4) is 0 Å². The van der Waals surface area contributed by atoms with Gasteiger partial charge in [-0.15, -0.1) is 0 Å². The van der Waals surface area contributed by atoms with Crippen LogP contribution in [0.3, 0.4) is 0 Å². The number of hydrogen-bond acceptors (Lipinski definition) is 3. The van der Waals surface area contributed by atoms with E-state index in [0.29, 0.717) is 23.6 Å². The summed E-state index contributed by atoms with van der Waals surface area (Å²) < 4.78 is 0. The third-order valence-electron chi connectivity index (χ3n) is 7.30. The molecule has 29 heavy (non-hydrogen) atoms. The number of anilines is 1. The van der Waals surface area contributed by atoms with E-state index < -0.39 is 5.97 Å². The number of benzene rings is 1. The molecule has 6 heteroatoms. The molecule has 0 radical (unpaired) electrons. The number of nitrogens with one attached hydrogen (secondary N) is 1. The van der Waals surface area contributed by atoms with E-state index in [2.05, 4.69) is 16.3 Å². The van der Waals surface area contributed by atoms with Gasteiger partial charge in [0.05, 0.1) is 11.6 Å². The van der Waals surface area contributed by atoms with Crippen molar-refractivity contribution in [1.82, 2.24) is 9.80 Å². The van der Waals surface area contributed by atoms with E-state index in [1.165, 1.54) is 49.9 Å². The molecule has 0 spiro atoms. The summed E-state index contributed by atoms with van der Waals surface area (Å²) >= 11 is 0. The van der Waals surface area contributed by atoms with Gasteiger partial charge in [-0.25, -0.2) is 9.59 Å². The highest BCUT2D eigenvalue weighted by Crippen LogP contribution is 2.45. The van der Waals surface area contributed by atoms with Crippen molar-refractivity contribution in [3.05, 3.63) is 41.5 Å². The highest BCUT2D eigenvalue weighted by molar-refractivity contribution is 5.92. The molecule has 2 bridgehead atoms. The standard InChI is InChI=1S/C23H29N3O3/c27-22(28)15-6-8-19(9-7-15)24-23(29)26-11-3-4-16-12-17-13-18(21(16)26)14-25-10-2-1-5-20(17)25/h6-9,12,17-18,20-21H,1-5,10-11,13-14H2,(H,24,29)(H,27,28)/t17-,18-,20+,21+/m0/s1. The first kappa shape index (κ1) is 18.7. The summed E-state index contributed by atoms with van der Waals surface area (Å²) in [5.74, 6) is 0.223. The quantitative estimate of drug-likeness (QED) is 0.747. The number of piperidine rings is 3. The van der Waals surface area contributed by atoms with Crippen molar-refractivity contribution in [3.63, 3.8) is 0 Å². The van der Waals surface area contributed by atoms with Crippen LogP contribution in [0.25, 0.3) is 0 Å². The minimum atomic E-state index is -0.959. The van der Waals surface area contributed by atoms with Crippen LogP contribution in [0, 0.1) is 11.8 Å². The van der Waals surface area contributed by atoms with Crippen molar-refractivity contribution < 1.29 is 14.7 Å². The molecule has 3 heterocycles. The lowest BCUT2D eigenvalue weighted by Crippen LogP contribution is -2.60. The molecule has 3 aliphatic heterocycles. The number of rotatable bonds is 2. The smallest absolute Gasteiger partial charge is 0.335 e. The zero-order valence-electron chi connectivity index (χ0n) is 16.7. The Bertz CT molecular complexity index is 834. The van der Waals surface area contributed by atoms with E-state index in [1.807, 2.05) is 4.90 Å². The Balaban J connectivity index is 1.35. The number of carbonyl (C=O) groups excluding carboxylic acids is 1. The second-order valence-corrected chi connectivity index (χ2v) is 9.01. The van der Waals surface area contributed by atoms with Gasteiger partial charge in [0.2, 0.25) is 0 Å². The average molecular weight is 396 g/mol. The molecule has 2 amide bonds. The van der Waals surface area contributed by atoms with Crippen LogP contribution < -0.4 is 5.32 Å². The van der Waals surface area contributed by atoms with Gasteiger partial charge >= 0.3 is 12.0 Å². The summed E-state index contributed by atoms with van der Waals surface area (Å²) in [4.78, 5) is 28.9. The molecule has 0 aromatic heterocycles. The lowest BCUT2D eigenvalue weighted by molar-refractivity contribution is 0.00908. The summed E-state index contributed by atoms with van der Waals surface area (Å²) in [6.07, 6.45) is 9.82. The fourth-order valence-corrected chi connectivity index (χ4v) is 6.09. The molecule has 2 N–H and O–H groups in total. The van der Waals surface area contributed by atoms with Crippen molar-refractivity contribution in [2.24, 2.45) is 11.8 Å². The normalized spacial score (nSPS) is 31.3. The molecular weight excluding hydrogens is 366 g/mol. The average Bonchev–Trinajstić information content (AvgIpc) is 2.74. The van der Waals surface area contributed by atoms with Crippen LogP contribution >= 0.6 is 0 Å². The van der Waals surface area contributed by atoms with Crippen molar-refractivity contribution >= 4 is 17.7 Å². The molecule has 1 aliphatic carbocycles. The molecule has 3 fully saturated rings. The fraction of sp³-hybridized carbons (Fsp3) is 0.565. The number of carbonyl (C=O) groups is 2. The zero-order chi connectivity index (χ0) is 20.0. The molecule has 4 atom stereocenters. The number of urea groups is 1. The largest absolute Gasteiger partial charge is 0.478 e. The highest BCUT2D eigenvalue weighted by atomic mass is 16.4. The number of amides is 2. The van der Waals surface area contributed by atoms with E-state index in [4.69, 9.17) is 5.11 Å². The van der Waals surface area contributed by atoms with Gasteiger partial charge in [-0.2, -0.15) is 0 Å². The van der Waals surface area contributed by atoms with Gasteiger partial charge in [0.1, 0.15) is 0 Å². The second kappa shape index (κ2) is 7.48. The summed E-state index contributed by atoms with van der Waals surface area (Å²) in [6.45, 7) is 3.10. The first-order valence-corrected chi connectivity index (χ1v) is 11.0. The number of fused-ring (bicyclic) bond motifs is 6. The van der Waals surface area contributed by atoms with E-state index in [9.17, 15) is 9.59 Å². The Hall–Kier alpha value is -2.34. The Morgan fingerprint density at radius 2 is 1.90 bits per heavy atom. The number of aromatic carboxylic acids is 1. The summed E-state index contributed by atoms with van der Waals surface area (Å²) in [7, 11) is 0. The number of likely N-dealkylation sites (tertiary alicyclic amines) is 1. The van der Waals surface area contributed by atoms with E-state index in [-0.39, 0.29) is 17.6 Å². The van der Waals surface area contributed by atoms with Crippen LogP contribution in [0.2, 0.25) is 0 Å². The topological polar surface area (TPSA) is 72.9 Å². The van der Waals surface area contributed by atoms with Crippen LogP contribution in [-0.2, 0) is 0 Å². The van der Waals surface area contributed by atoms with Crippen LogP contribution in [0.5, 0.6) is 0 Å². The number of nitrogens with zero attached hydrogens (tertiary/aromatic N) is 2. The summed E-state index contributed by atoms with van der Waals surface area (Å²) in [6, 6.07) is 7.25. The fourth-order valence-electron chi connectivity index (χ4n) is 6.09. The van der Waals surface area contributed by atoms with Crippen molar-refractivity contribution in [1.29, 1.82) is 0 Å². The number of hydrogen-bond donors (Lipinski definition) is 2. The molecule has 154 valence electrons. The maximum absolute atomic E-state index is 13.1. The highest BCUT2D eigenvalue weighted by Gasteiger charge is 2.46. The molecule has 0 unspecified atom stereocenters. The SMILES string of the molecule is O=C(O)c1ccc(NC(=O)N2CCCC3=C[C@H]4C[C@@H](CN5CCCC[C@H]45)[C@@H]32)cc1. The van der Waals surface area contributed by atoms with Gasteiger partial charge < -0.3 is 15.3 Å². The molecule has 1 aromatic carbocycles. The third kappa shape index (κ3) is 3.44. The molecule has 5 rings (SSSR count). The summed E-state index contributed by atoms with van der Waals surface area (Å²) in [5.41, 5.74) is 2.34. The zero-order valence-corrected chi connectivity index (χ0v) is 16.7. The van der Waals surface area contributed by atoms with Crippen molar-refractivity contribution in [2.75, 3.05) is 25.0 Å². The van der Waals surface area contributed by atoms with Crippen LogP contribution in [-0.4, -0.2) is 58.6 Å². The molecule has 3 saturated heterocycles. The van der Waals surface area contributed by atoms with Gasteiger partial charge in [0.25, 0.3) is 0 Å². The van der Waals surface area contributed by atoms with E-state index in [0.717, 1.165) is 25.9 Å². The van der Waals surface area contributed by atoms with Gasteiger partial charge in [-0.05, 0) is 74.8 Å². The Morgan fingerprint density at radius 3 is 2.69 bits per heavy atom. The maximum Gasteiger partial charge on any atom is 0.335 e. The second-order valence-electron chi connectivity index (χ2n) is 9.01. The number of carboxylic acids is 1. The van der Waals surface area contributed by atoms with Gasteiger partial charge in [0.15, 0.2) is 0 Å². The molecule has 0 saturated carbocycles. The molecule has 4 aliphatic rings. The van der Waals surface area contributed by atoms with E-state index in [1.54, 1.807) is 12.1 Å². The minimum Gasteiger partial charge on any atom is -0.478 e. The first-order valence-electron chi connectivity index (χ1n) is 11.0. The third-order valence-corrected chi connectivity index (χ3v) is 7.30. The van der Waals surface area contributed by atoms with Crippen molar-refractivity contribution in [2.45, 2.75) is 50.6 Å². The predicted molar refractivity (Wildman–Crippen MR) is 111 cm³/mol. The monoisotopic (exact) mass is 395 g/mol. The maximum atomic E-state index is 13.1. The minimum absolute atomic E-state index is 0.0668.